The molecule has 2 unspecified atom stereocenters. The van der Waals surface area contributed by atoms with Crippen LogP contribution in [0.3, 0.4) is 0 Å². The van der Waals surface area contributed by atoms with E-state index >= 15 is 0 Å². The molecule has 1 heterocycles. The molecule has 1 aliphatic heterocycles. The summed E-state index contributed by atoms with van der Waals surface area (Å²) in [6.45, 7) is 9.46. The second-order valence-electron chi connectivity index (χ2n) is 5.16. The lowest BCUT2D eigenvalue weighted by Crippen LogP contribution is -2.44. The lowest BCUT2D eigenvalue weighted by molar-refractivity contribution is -0.136. The molecule has 0 spiro atoms. The largest absolute Gasteiger partial charge is 0.343 e. The van der Waals surface area contributed by atoms with E-state index < -0.39 is 0 Å². The van der Waals surface area contributed by atoms with Gasteiger partial charge >= 0.3 is 0 Å². The number of carbonyl (C=O) groups is 1. The number of carbonyl (C=O) groups excluding carboxylic acids is 1. The van der Waals surface area contributed by atoms with Crippen molar-refractivity contribution in [3.05, 3.63) is 0 Å². The Morgan fingerprint density at radius 2 is 1.88 bits per heavy atom. The first-order chi connectivity index (χ1) is 6.95. The van der Waals surface area contributed by atoms with E-state index in [1.165, 1.54) is 0 Å². The van der Waals surface area contributed by atoms with Gasteiger partial charge in [-0.15, -0.1) is 12.4 Å². The van der Waals surface area contributed by atoms with Crippen LogP contribution < -0.4 is 5.32 Å². The molecule has 0 bridgehead atoms. The molecule has 0 aromatic heterocycles. The van der Waals surface area contributed by atoms with E-state index in [-0.39, 0.29) is 18.3 Å². The van der Waals surface area contributed by atoms with Crippen LogP contribution in [-0.2, 0) is 4.79 Å². The lowest BCUT2D eigenvalue weighted by Gasteiger charge is -2.29. The zero-order chi connectivity index (χ0) is 11.6. The van der Waals surface area contributed by atoms with Crippen LogP contribution in [0, 0.1) is 11.8 Å². The van der Waals surface area contributed by atoms with E-state index in [0.717, 1.165) is 13.0 Å². The molecular formula is C12H25ClN2O. The van der Waals surface area contributed by atoms with Crippen LogP contribution in [0.1, 0.15) is 34.1 Å². The van der Waals surface area contributed by atoms with Crippen molar-refractivity contribution in [2.24, 2.45) is 11.8 Å². The molecule has 1 aliphatic rings. The van der Waals surface area contributed by atoms with E-state index in [4.69, 9.17) is 0 Å². The highest BCUT2D eigenvalue weighted by molar-refractivity contribution is 5.85. The Hall–Kier alpha value is -0.280. The maximum absolute atomic E-state index is 12.2. The highest BCUT2D eigenvalue weighted by atomic mass is 35.5. The number of rotatable bonds is 3. The van der Waals surface area contributed by atoms with Crippen molar-refractivity contribution in [1.29, 1.82) is 0 Å². The van der Waals surface area contributed by atoms with Crippen LogP contribution in [-0.4, -0.2) is 36.5 Å². The predicted octanol–water partition coefficient (Wildman–Crippen LogP) is 1.91. The van der Waals surface area contributed by atoms with Crippen LogP contribution in [0.15, 0.2) is 0 Å². The van der Waals surface area contributed by atoms with Crippen LogP contribution in [0.25, 0.3) is 0 Å². The Balaban J connectivity index is 0.00000225. The Kier molecular flexibility index (Phi) is 6.34. The fourth-order valence-corrected chi connectivity index (χ4v) is 2.22. The summed E-state index contributed by atoms with van der Waals surface area (Å²) in [5.41, 5.74) is 0. The zero-order valence-electron chi connectivity index (χ0n) is 11.0. The van der Waals surface area contributed by atoms with Gasteiger partial charge in [0.15, 0.2) is 0 Å². The second-order valence-corrected chi connectivity index (χ2v) is 5.16. The van der Waals surface area contributed by atoms with E-state index in [1.807, 2.05) is 11.9 Å². The number of hydrogen-bond donors (Lipinski definition) is 1. The topological polar surface area (TPSA) is 32.3 Å². The number of amides is 1. The Morgan fingerprint density at radius 3 is 2.31 bits per heavy atom. The van der Waals surface area contributed by atoms with Crippen molar-refractivity contribution >= 4 is 18.3 Å². The summed E-state index contributed by atoms with van der Waals surface area (Å²) in [6.07, 6.45) is 0.985. The summed E-state index contributed by atoms with van der Waals surface area (Å²) in [4.78, 5) is 14.1. The van der Waals surface area contributed by atoms with E-state index in [0.29, 0.717) is 23.9 Å². The van der Waals surface area contributed by atoms with Crippen molar-refractivity contribution in [2.45, 2.75) is 46.2 Å². The van der Waals surface area contributed by atoms with Crippen LogP contribution in [0.2, 0.25) is 0 Å². The Labute approximate surface area is 105 Å². The molecule has 1 amide bonds. The molecule has 16 heavy (non-hydrogen) atoms. The van der Waals surface area contributed by atoms with Crippen molar-refractivity contribution in [3.63, 3.8) is 0 Å². The molecule has 0 radical (unpaired) electrons. The molecule has 1 rings (SSSR count). The first kappa shape index (κ1) is 15.7. The van der Waals surface area contributed by atoms with Gasteiger partial charge in [-0.05, 0) is 32.7 Å². The summed E-state index contributed by atoms with van der Waals surface area (Å²) in [7, 11) is 1.91. The summed E-state index contributed by atoms with van der Waals surface area (Å²) in [5, 5.41) is 3.43. The van der Waals surface area contributed by atoms with Crippen molar-refractivity contribution in [1.82, 2.24) is 10.2 Å². The fraction of sp³-hybridized carbons (Fsp3) is 0.917. The minimum atomic E-state index is 0. The molecule has 2 atom stereocenters. The quantitative estimate of drug-likeness (QED) is 0.828. The van der Waals surface area contributed by atoms with Crippen molar-refractivity contribution in [3.8, 4) is 0 Å². The van der Waals surface area contributed by atoms with Gasteiger partial charge in [-0.25, -0.2) is 0 Å². The molecule has 1 fully saturated rings. The van der Waals surface area contributed by atoms with Gasteiger partial charge in [0.2, 0.25) is 5.91 Å². The molecule has 0 aliphatic carbocycles. The second kappa shape index (κ2) is 6.45. The third-order valence-corrected chi connectivity index (χ3v) is 3.43. The SMILES string of the molecule is CC(C)C1NCCC1C(=O)N(C)C(C)C.Cl. The summed E-state index contributed by atoms with van der Waals surface area (Å²) in [6, 6.07) is 0.657. The van der Waals surface area contributed by atoms with E-state index in [9.17, 15) is 4.79 Å². The molecule has 96 valence electrons. The molecule has 1 saturated heterocycles. The maximum atomic E-state index is 12.2. The monoisotopic (exact) mass is 248 g/mol. The maximum Gasteiger partial charge on any atom is 0.227 e. The molecule has 0 aromatic carbocycles. The Morgan fingerprint density at radius 1 is 1.31 bits per heavy atom. The minimum absolute atomic E-state index is 0. The van der Waals surface area contributed by atoms with Gasteiger partial charge in [0.05, 0.1) is 5.92 Å². The lowest BCUT2D eigenvalue weighted by atomic mass is 9.90. The number of nitrogens with zero attached hydrogens (tertiary/aromatic N) is 1. The zero-order valence-corrected chi connectivity index (χ0v) is 11.8. The highest BCUT2D eigenvalue weighted by Crippen LogP contribution is 2.24. The number of halogens is 1. The average Bonchev–Trinajstić information content (AvgIpc) is 2.63. The van der Waals surface area contributed by atoms with Crippen LogP contribution in [0.4, 0.5) is 0 Å². The average molecular weight is 249 g/mol. The molecule has 0 aromatic rings. The fourth-order valence-electron chi connectivity index (χ4n) is 2.22. The van der Waals surface area contributed by atoms with Gasteiger partial charge in [-0.1, -0.05) is 13.8 Å². The summed E-state index contributed by atoms with van der Waals surface area (Å²) >= 11 is 0. The molecule has 0 saturated carbocycles. The van der Waals surface area contributed by atoms with Crippen molar-refractivity contribution < 1.29 is 4.79 Å². The van der Waals surface area contributed by atoms with Gasteiger partial charge in [-0.2, -0.15) is 0 Å². The molecule has 4 heteroatoms. The highest BCUT2D eigenvalue weighted by Gasteiger charge is 2.36. The van der Waals surface area contributed by atoms with Crippen LogP contribution >= 0.6 is 12.4 Å². The van der Waals surface area contributed by atoms with Gasteiger partial charge in [0, 0.05) is 19.1 Å². The smallest absolute Gasteiger partial charge is 0.227 e. The van der Waals surface area contributed by atoms with E-state index in [2.05, 4.69) is 33.0 Å². The summed E-state index contributed by atoms with van der Waals surface area (Å²) in [5.74, 6) is 1.01. The van der Waals surface area contributed by atoms with Crippen molar-refractivity contribution in [2.75, 3.05) is 13.6 Å². The first-order valence-electron chi connectivity index (χ1n) is 5.95. The van der Waals surface area contributed by atoms with Gasteiger partial charge in [-0.3, -0.25) is 4.79 Å². The Bertz CT molecular complexity index is 231. The minimum Gasteiger partial charge on any atom is -0.343 e. The first-order valence-corrected chi connectivity index (χ1v) is 5.95. The molecule has 1 N–H and O–H groups in total. The molecular weight excluding hydrogens is 224 g/mol. The van der Waals surface area contributed by atoms with Gasteiger partial charge in [0.1, 0.15) is 0 Å². The molecule has 3 nitrogen and oxygen atoms in total. The van der Waals surface area contributed by atoms with E-state index in [1.54, 1.807) is 0 Å². The standard InChI is InChI=1S/C12H24N2O.ClH/c1-8(2)11-10(6-7-13-11)12(15)14(5)9(3)4;/h8-11,13H,6-7H2,1-5H3;1H. The predicted molar refractivity (Wildman–Crippen MR) is 69.9 cm³/mol. The van der Waals surface area contributed by atoms with Gasteiger partial charge in [0.25, 0.3) is 0 Å². The third-order valence-electron chi connectivity index (χ3n) is 3.43. The normalized spacial score (nSPS) is 24.7. The summed E-state index contributed by atoms with van der Waals surface area (Å²) < 4.78 is 0. The number of hydrogen-bond acceptors (Lipinski definition) is 2. The van der Waals surface area contributed by atoms with Gasteiger partial charge < -0.3 is 10.2 Å². The third kappa shape index (κ3) is 3.36. The number of nitrogens with one attached hydrogen (secondary N) is 1. The van der Waals surface area contributed by atoms with Crippen LogP contribution in [0.5, 0.6) is 0 Å².